The van der Waals surface area contributed by atoms with Crippen molar-refractivity contribution in [2.75, 3.05) is 26.2 Å². The minimum Gasteiger partial charge on any atom is -0.372 e. The number of aliphatic imine (C=N–C) groups is 1. The summed E-state index contributed by atoms with van der Waals surface area (Å²) in [7, 11) is 0. The summed E-state index contributed by atoms with van der Waals surface area (Å²) in [5.74, 6) is 5.18. The highest BCUT2D eigenvalue weighted by Gasteiger charge is 2.46. The summed E-state index contributed by atoms with van der Waals surface area (Å²) in [6, 6.07) is 0. The van der Waals surface area contributed by atoms with Gasteiger partial charge >= 0.3 is 0 Å². The zero-order valence-corrected chi connectivity index (χ0v) is 20.4. The van der Waals surface area contributed by atoms with Crippen molar-refractivity contribution >= 4 is 6.34 Å². The van der Waals surface area contributed by atoms with Gasteiger partial charge in [0.15, 0.2) is 6.17 Å². The fraction of sp³-hybridized carbons (Fsp3) is 0.808. The lowest BCUT2D eigenvalue weighted by molar-refractivity contribution is -0.937. The number of hydrogen-bond acceptors (Lipinski definition) is 4. The fourth-order valence-corrected chi connectivity index (χ4v) is 5.26. The molecule has 5 N–H and O–H groups in total. The number of hydrogen-bond donors (Lipinski definition) is 4. The Morgan fingerprint density at radius 1 is 1.06 bits per heavy atom. The third-order valence-corrected chi connectivity index (χ3v) is 7.10. The fourth-order valence-electron chi connectivity index (χ4n) is 5.26. The number of nitrogens with zero attached hydrogens (tertiary/aromatic N) is 2. The summed E-state index contributed by atoms with van der Waals surface area (Å²) >= 11 is 0. The summed E-state index contributed by atoms with van der Waals surface area (Å²) in [6.07, 6.45) is 26.8. The Hall–Kier alpha value is -1.21. The van der Waals surface area contributed by atoms with E-state index in [1.807, 2.05) is 6.08 Å². The van der Waals surface area contributed by atoms with E-state index in [9.17, 15) is 5.11 Å². The number of hydrazine groups is 1. The van der Waals surface area contributed by atoms with Crippen LogP contribution in [-0.2, 0) is 0 Å². The van der Waals surface area contributed by atoms with Gasteiger partial charge in [-0.25, -0.2) is 10.7 Å². The summed E-state index contributed by atoms with van der Waals surface area (Å²) < 4.78 is 0. The van der Waals surface area contributed by atoms with Crippen molar-refractivity contribution in [2.45, 2.75) is 108 Å². The van der Waals surface area contributed by atoms with Crippen LogP contribution in [0.3, 0.4) is 0 Å². The van der Waals surface area contributed by atoms with Crippen LogP contribution in [0.1, 0.15) is 96.3 Å². The van der Waals surface area contributed by atoms with Crippen LogP contribution in [0.25, 0.3) is 0 Å². The molecule has 0 spiro atoms. The van der Waals surface area contributed by atoms with Gasteiger partial charge in [-0.3, -0.25) is 4.99 Å². The molecule has 0 amide bonds. The molecule has 0 saturated carbocycles. The van der Waals surface area contributed by atoms with E-state index in [2.05, 4.69) is 34.0 Å². The molecule has 0 aromatic carbocycles. The molecule has 184 valence electrons. The first-order valence-corrected chi connectivity index (χ1v) is 13.3. The van der Waals surface area contributed by atoms with Crippen molar-refractivity contribution in [1.29, 1.82) is 0 Å². The molecule has 6 nitrogen and oxygen atoms in total. The number of rotatable bonds is 19. The van der Waals surface area contributed by atoms with Crippen LogP contribution in [0.2, 0.25) is 0 Å². The number of quaternary nitrogens is 1. The van der Waals surface area contributed by atoms with E-state index in [1.54, 1.807) is 11.2 Å². The third kappa shape index (κ3) is 9.74. The first kappa shape index (κ1) is 27.0. The lowest BCUT2D eigenvalue weighted by Crippen LogP contribution is -3.18. The Morgan fingerprint density at radius 2 is 1.75 bits per heavy atom. The van der Waals surface area contributed by atoms with E-state index >= 15 is 0 Å². The maximum absolute atomic E-state index is 11.3. The lowest BCUT2D eigenvalue weighted by Gasteiger charge is -2.43. The van der Waals surface area contributed by atoms with Crippen LogP contribution in [0.15, 0.2) is 29.8 Å². The van der Waals surface area contributed by atoms with Crippen molar-refractivity contribution < 1.29 is 10.0 Å². The van der Waals surface area contributed by atoms with E-state index in [4.69, 9.17) is 5.84 Å². The zero-order chi connectivity index (χ0) is 22.9. The van der Waals surface area contributed by atoms with Crippen LogP contribution in [0.4, 0.5) is 0 Å². The molecule has 6 heteroatoms. The van der Waals surface area contributed by atoms with E-state index in [1.165, 1.54) is 83.7 Å². The molecule has 0 aromatic heterocycles. The number of aliphatic hydroxyl groups is 1. The van der Waals surface area contributed by atoms with Gasteiger partial charge < -0.3 is 15.4 Å². The monoisotopic (exact) mass is 448 g/mol. The maximum atomic E-state index is 11.3. The summed E-state index contributed by atoms with van der Waals surface area (Å²) in [5.41, 5.74) is 1.73. The van der Waals surface area contributed by atoms with Gasteiger partial charge in [-0.1, -0.05) is 51.0 Å². The molecule has 2 rings (SSSR count). The van der Waals surface area contributed by atoms with Gasteiger partial charge in [0.2, 0.25) is 0 Å². The zero-order valence-electron chi connectivity index (χ0n) is 20.4. The van der Waals surface area contributed by atoms with Gasteiger partial charge in [-0.15, -0.1) is 6.58 Å². The second kappa shape index (κ2) is 16.4. The second-order valence-corrected chi connectivity index (χ2v) is 9.66. The van der Waals surface area contributed by atoms with Gasteiger partial charge in [0.1, 0.15) is 5.72 Å². The van der Waals surface area contributed by atoms with Crippen LogP contribution < -0.4 is 16.2 Å². The van der Waals surface area contributed by atoms with Gasteiger partial charge in [-0.05, 0) is 57.1 Å². The highest BCUT2D eigenvalue weighted by Crippen LogP contribution is 2.30. The predicted octanol–water partition coefficient (Wildman–Crippen LogP) is 3.30. The highest BCUT2D eigenvalue weighted by molar-refractivity contribution is 5.52. The molecule has 1 fully saturated rings. The molecule has 0 radical (unpaired) electrons. The SMILES string of the molecule is C=CCCCCCCCCCCCC1(O)C=CC2N1CCC[NH+]2CCCCCN=CNN. The number of nitrogens with two attached hydrogens (primary N) is 1. The van der Waals surface area contributed by atoms with Crippen LogP contribution in [0.5, 0.6) is 0 Å². The van der Waals surface area contributed by atoms with Gasteiger partial charge in [0.25, 0.3) is 0 Å². The van der Waals surface area contributed by atoms with E-state index in [-0.39, 0.29) is 0 Å². The van der Waals surface area contributed by atoms with Gasteiger partial charge in [-0.2, -0.15) is 0 Å². The van der Waals surface area contributed by atoms with Crippen molar-refractivity contribution in [3.8, 4) is 0 Å². The van der Waals surface area contributed by atoms with Crippen LogP contribution in [-0.4, -0.2) is 54.4 Å². The van der Waals surface area contributed by atoms with Crippen LogP contribution in [0, 0.1) is 0 Å². The topological polar surface area (TPSA) is 78.3 Å². The van der Waals surface area contributed by atoms with Crippen LogP contribution >= 0.6 is 0 Å². The molecule has 3 atom stereocenters. The van der Waals surface area contributed by atoms with E-state index in [0.29, 0.717) is 6.17 Å². The summed E-state index contributed by atoms with van der Waals surface area (Å²) in [6.45, 7) is 8.03. The number of allylic oxidation sites excluding steroid dienone is 1. The number of nitrogens with one attached hydrogen (secondary N) is 2. The largest absolute Gasteiger partial charge is 0.372 e. The molecule has 1 saturated heterocycles. The first-order chi connectivity index (χ1) is 15.7. The predicted molar refractivity (Wildman–Crippen MR) is 135 cm³/mol. The average molecular weight is 449 g/mol. The average Bonchev–Trinajstić information content (AvgIpc) is 3.14. The van der Waals surface area contributed by atoms with Gasteiger partial charge in [0, 0.05) is 19.5 Å². The molecule has 0 aromatic rings. The molecular weight excluding hydrogens is 398 g/mol. The maximum Gasteiger partial charge on any atom is 0.165 e. The van der Waals surface area contributed by atoms with E-state index < -0.39 is 5.72 Å². The first-order valence-electron chi connectivity index (χ1n) is 13.3. The van der Waals surface area contributed by atoms with Crippen molar-refractivity contribution in [3.63, 3.8) is 0 Å². The lowest BCUT2D eigenvalue weighted by atomic mass is 10.0. The molecular formula is C26H50N5O+. The molecule has 2 aliphatic heterocycles. The second-order valence-electron chi connectivity index (χ2n) is 9.66. The summed E-state index contributed by atoms with van der Waals surface area (Å²) in [4.78, 5) is 8.17. The summed E-state index contributed by atoms with van der Waals surface area (Å²) in [5, 5.41) is 11.3. The molecule has 2 aliphatic rings. The highest BCUT2D eigenvalue weighted by atomic mass is 16.3. The Labute approximate surface area is 197 Å². The van der Waals surface area contributed by atoms with Crippen molar-refractivity contribution in [1.82, 2.24) is 10.3 Å². The standard InChI is InChI=1S/C26H49N5O/c1-2-3-4-5-6-7-8-9-10-11-13-18-26(32)19-17-25-30(22-16-23-31(25)26)21-15-12-14-20-28-24-29-27/h2,17,19,24-25,32H,1,3-16,18,20-23,27H2,(H,28,29)/p+1. The quantitative estimate of drug-likeness (QED) is 0.0611. The molecule has 32 heavy (non-hydrogen) atoms. The molecule has 0 bridgehead atoms. The molecule has 0 aliphatic carbocycles. The minimum atomic E-state index is -0.717. The number of unbranched alkanes of at least 4 members (excludes halogenated alkanes) is 11. The number of fused-ring (bicyclic) bond motifs is 1. The molecule has 3 unspecified atom stereocenters. The van der Waals surface area contributed by atoms with Crippen molar-refractivity contribution in [3.05, 3.63) is 24.8 Å². The normalized spacial score (nSPS) is 25.4. The smallest absolute Gasteiger partial charge is 0.165 e. The molecule has 2 heterocycles. The minimum absolute atomic E-state index is 0.356. The Morgan fingerprint density at radius 3 is 2.47 bits per heavy atom. The Balaban J connectivity index is 1.57. The third-order valence-electron chi connectivity index (χ3n) is 7.10. The van der Waals surface area contributed by atoms with Crippen molar-refractivity contribution in [2.24, 2.45) is 10.8 Å². The Bertz CT molecular complexity index is 552. The van der Waals surface area contributed by atoms with Gasteiger partial charge in [0.05, 0.1) is 19.4 Å². The van der Waals surface area contributed by atoms with E-state index in [0.717, 1.165) is 38.8 Å². The Kier molecular flexibility index (Phi) is 13.9.